The van der Waals surface area contributed by atoms with E-state index >= 15 is 0 Å². The van der Waals surface area contributed by atoms with Crippen molar-refractivity contribution in [1.82, 2.24) is 5.32 Å². The van der Waals surface area contributed by atoms with Crippen LogP contribution in [0.25, 0.3) is 0 Å². The average molecular weight is 327 g/mol. The quantitative estimate of drug-likeness (QED) is 0.887. The summed E-state index contributed by atoms with van der Waals surface area (Å²) in [6, 6.07) is 12.6. The van der Waals surface area contributed by atoms with Gasteiger partial charge in [-0.1, -0.05) is 36.4 Å². The third-order valence-electron chi connectivity index (χ3n) is 4.40. The zero-order valence-corrected chi connectivity index (χ0v) is 13.0. The van der Waals surface area contributed by atoms with Crippen molar-refractivity contribution in [3.05, 3.63) is 71.0 Å². The number of aliphatic carboxylic acids is 1. The van der Waals surface area contributed by atoms with Crippen LogP contribution in [0.1, 0.15) is 29.0 Å². The van der Waals surface area contributed by atoms with Crippen LogP contribution in [-0.2, 0) is 22.4 Å². The Hall–Kier alpha value is -2.69. The van der Waals surface area contributed by atoms with E-state index in [0.717, 1.165) is 16.7 Å². The Balaban J connectivity index is 1.72. The van der Waals surface area contributed by atoms with Crippen LogP contribution >= 0.6 is 0 Å². The van der Waals surface area contributed by atoms with E-state index in [2.05, 4.69) is 5.32 Å². The second-order valence-electron chi connectivity index (χ2n) is 6.02. The molecule has 124 valence electrons. The number of carbonyl (C=O) groups excluding carboxylic acids is 1. The van der Waals surface area contributed by atoms with Gasteiger partial charge in [-0.05, 0) is 41.7 Å². The smallest absolute Gasteiger partial charge is 0.326 e. The van der Waals surface area contributed by atoms with Gasteiger partial charge in [0.05, 0.1) is 5.92 Å². The van der Waals surface area contributed by atoms with Crippen molar-refractivity contribution in [2.75, 3.05) is 0 Å². The van der Waals surface area contributed by atoms with Crippen LogP contribution in [0, 0.1) is 5.82 Å². The lowest BCUT2D eigenvalue weighted by Crippen LogP contribution is -2.44. The zero-order valence-electron chi connectivity index (χ0n) is 13.0. The summed E-state index contributed by atoms with van der Waals surface area (Å²) in [4.78, 5) is 24.0. The minimum Gasteiger partial charge on any atom is -0.480 e. The molecular weight excluding hydrogens is 309 g/mol. The maximum atomic E-state index is 13.3. The molecule has 5 heteroatoms. The van der Waals surface area contributed by atoms with Crippen molar-refractivity contribution >= 4 is 11.9 Å². The van der Waals surface area contributed by atoms with Crippen LogP contribution in [0.15, 0.2) is 48.5 Å². The number of hydrogen-bond acceptors (Lipinski definition) is 2. The fourth-order valence-corrected chi connectivity index (χ4v) is 3.18. The van der Waals surface area contributed by atoms with Crippen LogP contribution in [0.4, 0.5) is 4.39 Å². The number of carbonyl (C=O) groups is 2. The van der Waals surface area contributed by atoms with Crippen LogP contribution < -0.4 is 5.32 Å². The van der Waals surface area contributed by atoms with E-state index in [1.165, 1.54) is 12.1 Å². The maximum absolute atomic E-state index is 13.3. The zero-order chi connectivity index (χ0) is 17.1. The van der Waals surface area contributed by atoms with Gasteiger partial charge in [0, 0.05) is 6.42 Å². The normalized spacial score (nSPS) is 17.1. The molecule has 0 aromatic heterocycles. The molecule has 0 aliphatic heterocycles. The first-order valence-corrected chi connectivity index (χ1v) is 7.90. The predicted molar refractivity (Wildman–Crippen MR) is 87.2 cm³/mol. The summed E-state index contributed by atoms with van der Waals surface area (Å²) in [7, 11) is 0. The molecule has 0 fully saturated rings. The molecule has 1 aliphatic carbocycles. The topological polar surface area (TPSA) is 66.4 Å². The van der Waals surface area contributed by atoms with Gasteiger partial charge in [0.2, 0.25) is 5.91 Å². The Morgan fingerprint density at radius 3 is 2.67 bits per heavy atom. The van der Waals surface area contributed by atoms with Crippen LogP contribution in [-0.4, -0.2) is 23.0 Å². The van der Waals surface area contributed by atoms with Gasteiger partial charge in [0.15, 0.2) is 0 Å². The number of amides is 1. The van der Waals surface area contributed by atoms with E-state index in [-0.39, 0.29) is 18.1 Å². The predicted octanol–water partition coefficient (Wildman–Crippen LogP) is 2.67. The number of hydrogen-bond donors (Lipinski definition) is 2. The van der Waals surface area contributed by atoms with Crippen LogP contribution in [0.5, 0.6) is 0 Å². The van der Waals surface area contributed by atoms with Gasteiger partial charge in [0.25, 0.3) is 0 Å². The molecule has 0 saturated carbocycles. The van der Waals surface area contributed by atoms with Crippen molar-refractivity contribution in [3.8, 4) is 0 Å². The van der Waals surface area contributed by atoms with Crippen molar-refractivity contribution in [1.29, 1.82) is 0 Å². The van der Waals surface area contributed by atoms with Crippen molar-refractivity contribution in [2.24, 2.45) is 0 Å². The van der Waals surface area contributed by atoms with Crippen molar-refractivity contribution < 1.29 is 19.1 Å². The highest BCUT2D eigenvalue weighted by Crippen LogP contribution is 2.33. The number of nitrogens with one attached hydrogen (secondary N) is 1. The third-order valence-corrected chi connectivity index (χ3v) is 4.40. The van der Waals surface area contributed by atoms with Gasteiger partial charge in [-0.25, -0.2) is 9.18 Å². The van der Waals surface area contributed by atoms with Gasteiger partial charge in [-0.2, -0.15) is 0 Å². The third kappa shape index (κ3) is 3.45. The SMILES string of the molecule is O=C(N[C@H](Cc1ccccc1)C(=O)O)C1CCc2cc(F)ccc21. The highest BCUT2D eigenvalue weighted by molar-refractivity contribution is 5.89. The monoisotopic (exact) mass is 327 g/mol. The number of halogens is 1. The molecule has 4 nitrogen and oxygen atoms in total. The first-order valence-electron chi connectivity index (χ1n) is 7.90. The summed E-state index contributed by atoms with van der Waals surface area (Å²) in [5.74, 6) is -2.12. The van der Waals surface area contributed by atoms with E-state index in [0.29, 0.717) is 12.8 Å². The summed E-state index contributed by atoms with van der Waals surface area (Å²) in [6.07, 6.45) is 1.43. The molecule has 24 heavy (non-hydrogen) atoms. The number of benzene rings is 2. The van der Waals surface area contributed by atoms with Gasteiger partial charge in [-0.15, -0.1) is 0 Å². The molecule has 0 heterocycles. The first kappa shape index (κ1) is 16.2. The van der Waals surface area contributed by atoms with E-state index in [1.807, 2.05) is 30.3 Å². The summed E-state index contributed by atoms with van der Waals surface area (Å²) in [5.41, 5.74) is 2.46. The molecule has 1 aliphatic rings. The largest absolute Gasteiger partial charge is 0.480 e. The van der Waals surface area contributed by atoms with E-state index in [4.69, 9.17) is 0 Å². The fourth-order valence-electron chi connectivity index (χ4n) is 3.18. The van der Waals surface area contributed by atoms with Crippen LogP contribution in [0.3, 0.4) is 0 Å². The number of aryl methyl sites for hydroxylation is 1. The standard InChI is InChI=1S/C19H18FNO3/c20-14-7-9-15-13(11-14)6-8-16(15)18(22)21-17(19(23)24)10-12-4-2-1-3-5-12/h1-5,7,9,11,16-17H,6,8,10H2,(H,21,22)(H,23,24)/t16?,17-/m1/s1. The van der Waals surface area contributed by atoms with Crippen LogP contribution in [0.2, 0.25) is 0 Å². The number of fused-ring (bicyclic) bond motifs is 1. The lowest BCUT2D eigenvalue weighted by molar-refractivity contribution is -0.142. The summed E-state index contributed by atoms with van der Waals surface area (Å²) >= 11 is 0. The fraction of sp³-hybridized carbons (Fsp3) is 0.263. The van der Waals surface area contributed by atoms with Gasteiger partial charge in [-0.3, -0.25) is 4.79 Å². The maximum Gasteiger partial charge on any atom is 0.326 e. The second-order valence-corrected chi connectivity index (χ2v) is 6.02. The summed E-state index contributed by atoms with van der Waals surface area (Å²) < 4.78 is 13.3. The Labute approximate surface area is 139 Å². The number of carboxylic acids is 1. The van der Waals surface area contributed by atoms with Crippen molar-refractivity contribution in [3.63, 3.8) is 0 Å². The molecule has 0 saturated heterocycles. The molecule has 0 bridgehead atoms. The molecule has 2 atom stereocenters. The Morgan fingerprint density at radius 1 is 1.21 bits per heavy atom. The minimum atomic E-state index is -1.07. The lowest BCUT2D eigenvalue weighted by atomic mass is 9.99. The Kier molecular flexibility index (Phi) is 4.60. The molecule has 1 unspecified atom stereocenters. The Morgan fingerprint density at radius 2 is 1.96 bits per heavy atom. The first-order chi connectivity index (χ1) is 11.5. The Bertz CT molecular complexity index is 760. The molecule has 2 aromatic rings. The molecular formula is C19H18FNO3. The molecule has 0 radical (unpaired) electrons. The molecule has 0 spiro atoms. The molecule has 2 N–H and O–H groups in total. The highest BCUT2D eigenvalue weighted by Gasteiger charge is 2.31. The van der Waals surface area contributed by atoms with E-state index in [9.17, 15) is 19.1 Å². The highest BCUT2D eigenvalue weighted by atomic mass is 19.1. The van der Waals surface area contributed by atoms with Crippen molar-refractivity contribution in [2.45, 2.75) is 31.2 Å². The lowest BCUT2D eigenvalue weighted by Gasteiger charge is -2.18. The van der Waals surface area contributed by atoms with Gasteiger partial charge < -0.3 is 10.4 Å². The van der Waals surface area contributed by atoms with Gasteiger partial charge >= 0.3 is 5.97 Å². The molecule has 3 rings (SSSR count). The second kappa shape index (κ2) is 6.83. The summed E-state index contributed by atoms with van der Waals surface area (Å²) in [6.45, 7) is 0. The number of rotatable bonds is 5. The average Bonchev–Trinajstić information content (AvgIpc) is 2.98. The number of carboxylic acid groups (broad SMARTS) is 1. The van der Waals surface area contributed by atoms with E-state index < -0.39 is 17.9 Å². The molecule has 2 aromatic carbocycles. The summed E-state index contributed by atoms with van der Waals surface area (Å²) in [5, 5.41) is 12.0. The molecule has 1 amide bonds. The van der Waals surface area contributed by atoms with Gasteiger partial charge in [0.1, 0.15) is 11.9 Å². The minimum absolute atomic E-state index is 0.227. The van der Waals surface area contributed by atoms with E-state index in [1.54, 1.807) is 6.07 Å².